The number of carbonyl (C=O) groups excluding carboxylic acids is 1. The van der Waals surface area contributed by atoms with Crippen LogP contribution in [-0.4, -0.2) is 17.4 Å². The van der Waals surface area contributed by atoms with Crippen molar-refractivity contribution in [3.63, 3.8) is 0 Å². The summed E-state index contributed by atoms with van der Waals surface area (Å²) < 4.78 is 0. The number of benzene rings is 1. The normalized spacial score (nSPS) is 10.8. The summed E-state index contributed by atoms with van der Waals surface area (Å²) >= 11 is 2.92. The zero-order valence-electron chi connectivity index (χ0n) is 13.3. The summed E-state index contributed by atoms with van der Waals surface area (Å²) in [4.78, 5) is 25.8. The molecule has 3 aromatic rings. The lowest BCUT2D eigenvalue weighted by Gasteiger charge is -2.09. The molecule has 2 heterocycles. The van der Waals surface area contributed by atoms with Crippen LogP contribution in [0.2, 0.25) is 0 Å². The van der Waals surface area contributed by atoms with Crippen LogP contribution in [0.4, 0.5) is 0 Å². The number of hydrogen-bond donors (Lipinski definition) is 1. The fourth-order valence-corrected chi connectivity index (χ4v) is 4.61. The quantitative estimate of drug-likeness (QED) is 0.612. The maximum atomic E-state index is 11.3. The van der Waals surface area contributed by atoms with Crippen LogP contribution >= 0.6 is 22.7 Å². The molecule has 0 saturated carbocycles. The van der Waals surface area contributed by atoms with Crippen LogP contribution in [0.15, 0.2) is 36.4 Å². The van der Waals surface area contributed by atoms with Gasteiger partial charge in [-0.2, -0.15) is 0 Å². The second-order valence-electron chi connectivity index (χ2n) is 5.47. The SMILES string of the molecule is CCc1cc(-c2ccc(-c3ccc(C(=O)O)s3)s2)cc(C)c1C=O. The summed E-state index contributed by atoms with van der Waals surface area (Å²) in [6.07, 6.45) is 1.74. The van der Waals surface area contributed by atoms with Gasteiger partial charge in [0.05, 0.1) is 0 Å². The fraction of sp³-hybridized carbons (Fsp3) is 0.158. The predicted octanol–water partition coefficient (Wildman–Crippen LogP) is 5.53. The maximum Gasteiger partial charge on any atom is 0.345 e. The van der Waals surface area contributed by atoms with Crippen LogP contribution in [0.25, 0.3) is 20.2 Å². The van der Waals surface area contributed by atoms with Gasteiger partial charge in [-0.25, -0.2) is 4.79 Å². The molecule has 3 rings (SSSR count). The van der Waals surface area contributed by atoms with E-state index < -0.39 is 5.97 Å². The summed E-state index contributed by atoms with van der Waals surface area (Å²) in [6, 6.07) is 11.7. The third kappa shape index (κ3) is 3.05. The van der Waals surface area contributed by atoms with E-state index in [0.717, 1.165) is 49.6 Å². The van der Waals surface area contributed by atoms with Gasteiger partial charge < -0.3 is 5.11 Å². The van der Waals surface area contributed by atoms with Crippen molar-refractivity contribution in [1.82, 2.24) is 0 Å². The number of thiophene rings is 2. The Morgan fingerprint density at radius 3 is 2.38 bits per heavy atom. The Labute approximate surface area is 148 Å². The number of carboxylic acids is 1. The molecule has 0 atom stereocenters. The Morgan fingerprint density at radius 1 is 1.08 bits per heavy atom. The molecule has 0 aliphatic rings. The van der Waals surface area contributed by atoms with Crippen molar-refractivity contribution in [1.29, 1.82) is 0 Å². The average molecular weight is 356 g/mol. The van der Waals surface area contributed by atoms with Crippen molar-refractivity contribution in [2.45, 2.75) is 20.3 Å². The first-order valence-corrected chi connectivity index (χ1v) is 9.19. The molecule has 0 aliphatic heterocycles. The molecule has 1 N–H and O–H groups in total. The standard InChI is InChI=1S/C19H16O3S2/c1-3-12-9-13(8-11(2)14(12)10-20)15-4-5-16(23-15)17-6-7-18(24-17)19(21)22/h4-10H,3H2,1-2H3,(H,21,22). The van der Waals surface area contributed by atoms with Gasteiger partial charge in [-0.15, -0.1) is 22.7 Å². The van der Waals surface area contributed by atoms with Gasteiger partial charge in [0.25, 0.3) is 0 Å². The van der Waals surface area contributed by atoms with Crippen molar-refractivity contribution in [3.05, 3.63) is 58.0 Å². The summed E-state index contributed by atoms with van der Waals surface area (Å²) in [5.41, 5.74) is 3.92. The first-order valence-electron chi connectivity index (χ1n) is 7.56. The minimum absolute atomic E-state index is 0.347. The molecule has 5 heteroatoms. The van der Waals surface area contributed by atoms with E-state index in [-0.39, 0.29) is 0 Å². The molecule has 122 valence electrons. The monoisotopic (exact) mass is 356 g/mol. The Bertz CT molecular complexity index is 919. The summed E-state index contributed by atoms with van der Waals surface area (Å²) in [5, 5.41) is 9.05. The molecule has 1 aromatic carbocycles. The third-order valence-corrected chi connectivity index (χ3v) is 6.32. The molecule has 0 unspecified atom stereocenters. The van der Waals surface area contributed by atoms with Gasteiger partial charge in [-0.1, -0.05) is 6.92 Å². The van der Waals surface area contributed by atoms with Crippen LogP contribution in [0.3, 0.4) is 0 Å². The highest BCUT2D eigenvalue weighted by Crippen LogP contribution is 2.38. The van der Waals surface area contributed by atoms with Crippen molar-refractivity contribution in [2.24, 2.45) is 0 Å². The predicted molar refractivity (Wildman–Crippen MR) is 99.5 cm³/mol. The van der Waals surface area contributed by atoms with E-state index in [0.29, 0.717) is 4.88 Å². The molecule has 0 radical (unpaired) electrons. The Balaban J connectivity index is 2.00. The molecule has 0 aliphatic carbocycles. The number of carboxylic acid groups (broad SMARTS) is 1. The molecule has 0 bridgehead atoms. The average Bonchev–Trinajstić information content (AvgIpc) is 3.22. The van der Waals surface area contributed by atoms with Gasteiger partial charge in [0, 0.05) is 20.2 Å². The molecule has 0 spiro atoms. The smallest absolute Gasteiger partial charge is 0.345 e. The second kappa shape index (κ2) is 6.71. The molecule has 0 saturated heterocycles. The van der Waals surface area contributed by atoms with Crippen molar-refractivity contribution < 1.29 is 14.7 Å². The summed E-state index contributed by atoms with van der Waals surface area (Å²) in [6.45, 7) is 4.00. The number of aromatic carboxylic acids is 1. The zero-order chi connectivity index (χ0) is 17.3. The summed E-state index contributed by atoms with van der Waals surface area (Å²) in [5.74, 6) is -0.893. The molecule has 2 aromatic heterocycles. The van der Waals surface area contributed by atoms with Gasteiger partial charge in [0.1, 0.15) is 4.88 Å². The van der Waals surface area contributed by atoms with Crippen LogP contribution in [-0.2, 0) is 6.42 Å². The molecule has 3 nitrogen and oxygen atoms in total. The molecule has 24 heavy (non-hydrogen) atoms. The molecule has 0 amide bonds. The molecular weight excluding hydrogens is 340 g/mol. The van der Waals surface area contributed by atoms with Gasteiger partial charge >= 0.3 is 5.97 Å². The second-order valence-corrected chi connectivity index (χ2v) is 7.64. The van der Waals surface area contributed by atoms with Gasteiger partial charge in [-0.05, 0) is 66.4 Å². The van der Waals surface area contributed by atoms with Crippen molar-refractivity contribution in [3.8, 4) is 20.2 Å². The fourth-order valence-electron chi connectivity index (χ4n) is 2.69. The Morgan fingerprint density at radius 2 is 1.75 bits per heavy atom. The number of hydrogen-bond acceptors (Lipinski definition) is 4. The third-order valence-electron chi connectivity index (χ3n) is 3.92. The lowest BCUT2D eigenvalue weighted by atomic mass is 9.97. The Kier molecular flexibility index (Phi) is 4.64. The van der Waals surface area contributed by atoms with E-state index in [2.05, 4.69) is 12.1 Å². The highest BCUT2D eigenvalue weighted by Gasteiger charge is 2.13. The van der Waals surface area contributed by atoms with Crippen LogP contribution in [0.1, 0.15) is 38.1 Å². The number of aryl methyl sites for hydroxylation is 2. The lowest BCUT2D eigenvalue weighted by Crippen LogP contribution is -1.95. The van der Waals surface area contributed by atoms with Gasteiger partial charge in [-0.3, -0.25) is 4.79 Å². The number of aldehydes is 1. The van der Waals surface area contributed by atoms with E-state index in [9.17, 15) is 9.59 Å². The van der Waals surface area contributed by atoms with E-state index in [1.165, 1.54) is 11.3 Å². The van der Waals surface area contributed by atoms with Gasteiger partial charge in [0.2, 0.25) is 0 Å². The van der Waals surface area contributed by atoms with Crippen molar-refractivity contribution >= 4 is 34.9 Å². The largest absolute Gasteiger partial charge is 0.477 e. The van der Waals surface area contributed by atoms with Crippen LogP contribution in [0.5, 0.6) is 0 Å². The summed E-state index contributed by atoms with van der Waals surface area (Å²) in [7, 11) is 0. The first-order chi connectivity index (χ1) is 11.5. The van der Waals surface area contributed by atoms with E-state index >= 15 is 0 Å². The molecule has 0 fully saturated rings. The van der Waals surface area contributed by atoms with E-state index in [4.69, 9.17) is 5.11 Å². The maximum absolute atomic E-state index is 11.3. The van der Waals surface area contributed by atoms with E-state index in [1.54, 1.807) is 17.4 Å². The van der Waals surface area contributed by atoms with Crippen molar-refractivity contribution in [2.75, 3.05) is 0 Å². The van der Waals surface area contributed by atoms with Gasteiger partial charge in [0.15, 0.2) is 6.29 Å². The minimum Gasteiger partial charge on any atom is -0.477 e. The van der Waals surface area contributed by atoms with Crippen LogP contribution in [0, 0.1) is 6.92 Å². The highest BCUT2D eigenvalue weighted by molar-refractivity contribution is 7.24. The minimum atomic E-state index is -0.893. The highest BCUT2D eigenvalue weighted by atomic mass is 32.1. The topological polar surface area (TPSA) is 54.4 Å². The van der Waals surface area contributed by atoms with E-state index in [1.807, 2.05) is 32.0 Å². The lowest BCUT2D eigenvalue weighted by molar-refractivity contribution is 0.0702. The Hall–Kier alpha value is -2.24. The molecular formula is C19H16O3S2. The zero-order valence-corrected chi connectivity index (χ0v) is 15.0. The van der Waals surface area contributed by atoms with Crippen LogP contribution < -0.4 is 0 Å². The first kappa shape index (κ1) is 16.6. The number of rotatable bonds is 5. The number of carbonyl (C=O) groups is 2.